The second kappa shape index (κ2) is 4.28. The van der Waals surface area contributed by atoms with E-state index < -0.39 is 0 Å². The van der Waals surface area contributed by atoms with Crippen molar-refractivity contribution in [1.82, 2.24) is 0 Å². The molecule has 0 heterocycles. The highest BCUT2D eigenvalue weighted by Crippen LogP contribution is 2.26. The van der Waals surface area contributed by atoms with Gasteiger partial charge in [0.25, 0.3) is 0 Å². The summed E-state index contributed by atoms with van der Waals surface area (Å²) in [6.07, 6.45) is 9.30. The number of benzene rings is 1. The first-order valence-corrected chi connectivity index (χ1v) is 5.31. The summed E-state index contributed by atoms with van der Waals surface area (Å²) in [5.41, 5.74) is 2.95. The molecule has 0 saturated heterocycles. The van der Waals surface area contributed by atoms with E-state index in [4.69, 9.17) is 0 Å². The topological polar surface area (TPSA) is 0 Å². The molecule has 0 saturated carbocycles. The van der Waals surface area contributed by atoms with Gasteiger partial charge in [0.1, 0.15) is 0 Å². The van der Waals surface area contributed by atoms with Crippen molar-refractivity contribution in [2.75, 3.05) is 0 Å². The van der Waals surface area contributed by atoms with Gasteiger partial charge in [0.15, 0.2) is 0 Å². The van der Waals surface area contributed by atoms with Crippen LogP contribution in [0.5, 0.6) is 0 Å². The monoisotopic (exact) mass is 184 g/mol. The Morgan fingerprint density at radius 1 is 1.21 bits per heavy atom. The van der Waals surface area contributed by atoms with E-state index in [1.165, 1.54) is 12.0 Å². The second-order valence-electron chi connectivity index (χ2n) is 3.75. The third-order valence-electron chi connectivity index (χ3n) is 2.78. The number of rotatable bonds is 2. The van der Waals surface area contributed by atoms with Crippen LogP contribution in [0, 0.1) is 0 Å². The van der Waals surface area contributed by atoms with E-state index in [1.807, 2.05) is 0 Å². The van der Waals surface area contributed by atoms with Crippen molar-refractivity contribution in [3.8, 4) is 0 Å². The van der Waals surface area contributed by atoms with Crippen LogP contribution in [0.3, 0.4) is 0 Å². The number of hydrogen-bond acceptors (Lipinski definition) is 0. The minimum absolute atomic E-state index is 0.500. The van der Waals surface area contributed by atoms with Gasteiger partial charge in [0, 0.05) is 5.92 Å². The molecule has 0 amide bonds. The van der Waals surface area contributed by atoms with Gasteiger partial charge in [-0.25, -0.2) is 0 Å². The van der Waals surface area contributed by atoms with Gasteiger partial charge in [0.05, 0.1) is 0 Å². The summed E-state index contributed by atoms with van der Waals surface area (Å²) in [7, 11) is 0. The highest BCUT2D eigenvalue weighted by molar-refractivity contribution is 5.33. The average molecular weight is 184 g/mol. The Hall–Kier alpha value is -1.30. The maximum atomic E-state index is 2.40. The fourth-order valence-corrected chi connectivity index (χ4v) is 1.89. The molecule has 0 radical (unpaired) electrons. The van der Waals surface area contributed by atoms with Crippen LogP contribution in [0.2, 0.25) is 0 Å². The molecule has 2 rings (SSSR count). The van der Waals surface area contributed by atoms with Gasteiger partial charge in [-0.2, -0.15) is 0 Å². The lowest BCUT2D eigenvalue weighted by molar-refractivity contribution is 0.934. The molecule has 1 aromatic carbocycles. The molecule has 1 atom stereocenters. The smallest absolute Gasteiger partial charge is 0.0201 e. The Labute approximate surface area is 86.0 Å². The van der Waals surface area contributed by atoms with Gasteiger partial charge in [0.2, 0.25) is 0 Å². The van der Waals surface area contributed by atoms with Gasteiger partial charge in [-0.3, -0.25) is 0 Å². The van der Waals surface area contributed by atoms with Gasteiger partial charge < -0.3 is 0 Å². The molecule has 0 N–H and O–H groups in total. The first-order valence-electron chi connectivity index (χ1n) is 5.31. The van der Waals surface area contributed by atoms with Gasteiger partial charge in [-0.15, -0.1) is 0 Å². The van der Waals surface area contributed by atoms with E-state index in [0.29, 0.717) is 5.92 Å². The number of allylic oxidation sites excluding steroid dienone is 4. The molecule has 1 aromatic rings. The van der Waals surface area contributed by atoms with Crippen LogP contribution in [0.4, 0.5) is 0 Å². The largest absolute Gasteiger partial charge is 0.0835 e. The molecular formula is C14H16. The fourth-order valence-electron chi connectivity index (χ4n) is 1.89. The maximum absolute atomic E-state index is 2.40. The minimum Gasteiger partial charge on any atom is -0.0835 e. The molecule has 0 nitrogen and oxygen atoms in total. The van der Waals surface area contributed by atoms with Crippen LogP contribution in [0.25, 0.3) is 0 Å². The van der Waals surface area contributed by atoms with Gasteiger partial charge in [-0.05, 0) is 18.4 Å². The Morgan fingerprint density at radius 2 is 2.00 bits per heavy atom. The molecule has 1 aliphatic carbocycles. The van der Waals surface area contributed by atoms with Crippen molar-refractivity contribution in [1.29, 1.82) is 0 Å². The standard InChI is InChI=1S/C14H16/c1-2-12-7-6-10-14(11-12)13-8-4-3-5-9-13/h3-6,8-11,14H,2,7H2,1H3. The van der Waals surface area contributed by atoms with E-state index in [-0.39, 0.29) is 0 Å². The van der Waals surface area contributed by atoms with Crippen molar-refractivity contribution < 1.29 is 0 Å². The van der Waals surface area contributed by atoms with E-state index >= 15 is 0 Å². The molecule has 0 fully saturated rings. The molecule has 0 aromatic heterocycles. The van der Waals surface area contributed by atoms with Crippen LogP contribution in [0.15, 0.2) is 54.1 Å². The summed E-state index contributed by atoms with van der Waals surface area (Å²) in [4.78, 5) is 0. The average Bonchev–Trinajstić information content (AvgIpc) is 2.30. The van der Waals surface area contributed by atoms with Crippen molar-refractivity contribution in [2.45, 2.75) is 25.7 Å². The number of hydrogen-bond donors (Lipinski definition) is 0. The molecule has 0 bridgehead atoms. The minimum atomic E-state index is 0.500. The highest BCUT2D eigenvalue weighted by Gasteiger charge is 2.08. The van der Waals surface area contributed by atoms with Gasteiger partial charge >= 0.3 is 0 Å². The Bertz CT molecular complexity index is 344. The summed E-state index contributed by atoms with van der Waals surface area (Å²) >= 11 is 0. The van der Waals surface area contributed by atoms with E-state index in [0.717, 1.165) is 6.42 Å². The van der Waals surface area contributed by atoms with Crippen LogP contribution in [0.1, 0.15) is 31.2 Å². The van der Waals surface area contributed by atoms with Crippen molar-refractivity contribution in [3.63, 3.8) is 0 Å². The SMILES string of the molecule is CCC1=CC(c2ccccc2)C=CC1. The Kier molecular flexibility index (Phi) is 2.83. The lowest BCUT2D eigenvalue weighted by Gasteiger charge is -2.15. The lowest BCUT2D eigenvalue weighted by Crippen LogP contribution is -1.97. The first kappa shape index (κ1) is 9.26. The predicted molar refractivity (Wildman–Crippen MR) is 61.3 cm³/mol. The normalized spacial score (nSPS) is 20.6. The van der Waals surface area contributed by atoms with Crippen molar-refractivity contribution in [3.05, 3.63) is 59.7 Å². The third kappa shape index (κ3) is 1.95. The Morgan fingerprint density at radius 3 is 2.71 bits per heavy atom. The first-order chi connectivity index (χ1) is 6.90. The zero-order valence-electron chi connectivity index (χ0n) is 8.61. The lowest BCUT2D eigenvalue weighted by atomic mass is 9.90. The fraction of sp³-hybridized carbons (Fsp3) is 0.286. The van der Waals surface area contributed by atoms with E-state index in [2.05, 4.69) is 55.5 Å². The van der Waals surface area contributed by atoms with Crippen LogP contribution >= 0.6 is 0 Å². The highest BCUT2D eigenvalue weighted by atomic mass is 14.1. The van der Waals surface area contributed by atoms with E-state index in [9.17, 15) is 0 Å². The molecule has 14 heavy (non-hydrogen) atoms. The molecule has 72 valence electrons. The third-order valence-corrected chi connectivity index (χ3v) is 2.78. The van der Waals surface area contributed by atoms with Crippen LogP contribution < -0.4 is 0 Å². The van der Waals surface area contributed by atoms with Crippen molar-refractivity contribution in [2.24, 2.45) is 0 Å². The maximum Gasteiger partial charge on any atom is 0.0201 e. The second-order valence-corrected chi connectivity index (χ2v) is 3.75. The Balaban J connectivity index is 2.23. The molecular weight excluding hydrogens is 168 g/mol. The van der Waals surface area contributed by atoms with E-state index in [1.54, 1.807) is 5.57 Å². The summed E-state index contributed by atoms with van der Waals surface area (Å²) in [6.45, 7) is 2.23. The quantitative estimate of drug-likeness (QED) is 0.608. The molecule has 0 heteroatoms. The zero-order chi connectivity index (χ0) is 9.80. The van der Waals surface area contributed by atoms with Crippen LogP contribution in [-0.4, -0.2) is 0 Å². The molecule has 0 aliphatic heterocycles. The predicted octanol–water partition coefficient (Wildman–Crippen LogP) is 4.07. The van der Waals surface area contributed by atoms with Crippen molar-refractivity contribution >= 4 is 0 Å². The summed E-state index contributed by atoms with van der Waals surface area (Å²) < 4.78 is 0. The summed E-state index contributed by atoms with van der Waals surface area (Å²) in [5.74, 6) is 0.500. The molecule has 0 spiro atoms. The van der Waals surface area contributed by atoms with Crippen LogP contribution in [-0.2, 0) is 0 Å². The zero-order valence-corrected chi connectivity index (χ0v) is 8.61. The molecule has 1 unspecified atom stereocenters. The summed E-state index contributed by atoms with van der Waals surface area (Å²) in [6, 6.07) is 10.7. The molecule has 1 aliphatic rings. The van der Waals surface area contributed by atoms with Gasteiger partial charge in [-0.1, -0.05) is 61.1 Å². The summed E-state index contributed by atoms with van der Waals surface area (Å²) in [5, 5.41) is 0.